The number of hydrogen-bond acceptors (Lipinski definition) is 2. The summed E-state index contributed by atoms with van der Waals surface area (Å²) in [7, 11) is 0. The van der Waals surface area contributed by atoms with Crippen molar-refractivity contribution in [3.8, 4) is 0 Å². The third-order valence-electron chi connectivity index (χ3n) is 2.46. The molecule has 0 aromatic heterocycles. The van der Waals surface area contributed by atoms with Crippen molar-refractivity contribution in [1.29, 1.82) is 0 Å². The molecule has 0 saturated heterocycles. The zero-order valence-electron chi connectivity index (χ0n) is 10.5. The van der Waals surface area contributed by atoms with Crippen LogP contribution >= 0.6 is 0 Å². The van der Waals surface area contributed by atoms with E-state index in [1.165, 1.54) is 5.57 Å². The van der Waals surface area contributed by atoms with E-state index in [0.717, 1.165) is 0 Å². The molecule has 0 aromatic carbocycles. The fourth-order valence-corrected chi connectivity index (χ4v) is 1.66. The average Bonchev–Trinajstić information content (AvgIpc) is 2.50. The zero-order chi connectivity index (χ0) is 11.5. The highest BCUT2D eigenvalue weighted by molar-refractivity contribution is 5.37. The molecule has 0 fully saturated rings. The summed E-state index contributed by atoms with van der Waals surface area (Å²) >= 11 is 0. The van der Waals surface area contributed by atoms with E-state index in [0.29, 0.717) is 13.2 Å². The molecular weight excluding hydrogens is 188 g/mol. The third kappa shape index (κ3) is 2.93. The van der Waals surface area contributed by atoms with Crippen LogP contribution in [0, 0.1) is 5.41 Å². The zero-order valence-corrected chi connectivity index (χ0v) is 10.5. The highest BCUT2D eigenvalue weighted by Crippen LogP contribution is 2.35. The Bertz CT molecular complexity index is 263. The molecule has 0 saturated carbocycles. The molecule has 1 aliphatic rings. The topological polar surface area (TPSA) is 18.5 Å². The normalized spacial score (nSPS) is 19.4. The lowest BCUT2D eigenvalue weighted by molar-refractivity contribution is -0.164. The lowest BCUT2D eigenvalue weighted by atomic mass is 9.87. The maximum absolute atomic E-state index is 5.67. The first-order chi connectivity index (χ1) is 6.93. The Morgan fingerprint density at radius 2 is 1.67 bits per heavy atom. The Morgan fingerprint density at radius 1 is 1.13 bits per heavy atom. The van der Waals surface area contributed by atoms with Gasteiger partial charge in [-0.2, -0.15) is 0 Å². The molecule has 1 rings (SSSR count). The van der Waals surface area contributed by atoms with E-state index in [9.17, 15) is 0 Å². The van der Waals surface area contributed by atoms with Crippen molar-refractivity contribution in [2.75, 3.05) is 13.2 Å². The van der Waals surface area contributed by atoms with E-state index < -0.39 is 5.79 Å². The molecule has 15 heavy (non-hydrogen) atoms. The first kappa shape index (κ1) is 12.5. The number of allylic oxidation sites excluding steroid dienone is 2. The van der Waals surface area contributed by atoms with Crippen molar-refractivity contribution in [3.05, 3.63) is 23.8 Å². The first-order valence-electron chi connectivity index (χ1n) is 5.64. The van der Waals surface area contributed by atoms with Gasteiger partial charge in [-0.3, -0.25) is 0 Å². The van der Waals surface area contributed by atoms with Gasteiger partial charge in [-0.15, -0.1) is 0 Å². The fraction of sp³-hybridized carbons (Fsp3) is 0.692. The van der Waals surface area contributed by atoms with Gasteiger partial charge in [-0.05, 0) is 37.0 Å². The van der Waals surface area contributed by atoms with E-state index in [1.54, 1.807) is 0 Å². The van der Waals surface area contributed by atoms with Gasteiger partial charge < -0.3 is 9.47 Å². The molecule has 0 atom stereocenters. The van der Waals surface area contributed by atoms with Gasteiger partial charge >= 0.3 is 0 Å². The molecule has 0 bridgehead atoms. The molecular formula is C13H22O2. The summed E-state index contributed by atoms with van der Waals surface area (Å²) in [4.78, 5) is 0. The Kier molecular flexibility index (Phi) is 3.74. The summed E-state index contributed by atoms with van der Waals surface area (Å²) in [5.74, 6) is -0.619. The third-order valence-corrected chi connectivity index (χ3v) is 2.46. The summed E-state index contributed by atoms with van der Waals surface area (Å²) in [6.45, 7) is 11.8. The lowest BCUT2D eigenvalue weighted by Gasteiger charge is -2.26. The standard InChI is InChI=1S/C13H22O2/c1-6-14-13(15-7-2)9-8-11(10-13)12(3,4)5/h8-10H,6-7H2,1-5H3. The predicted molar refractivity (Wildman–Crippen MR) is 62.7 cm³/mol. The molecule has 2 nitrogen and oxygen atoms in total. The molecule has 86 valence electrons. The minimum atomic E-state index is -0.619. The van der Waals surface area contributed by atoms with Gasteiger partial charge in [0.25, 0.3) is 0 Å². The van der Waals surface area contributed by atoms with Gasteiger partial charge in [-0.1, -0.05) is 26.8 Å². The molecule has 0 aromatic rings. The van der Waals surface area contributed by atoms with Gasteiger partial charge in [0.05, 0.1) is 0 Å². The molecule has 0 unspecified atom stereocenters. The van der Waals surface area contributed by atoms with E-state index in [2.05, 4.69) is 32.9 Å². The summed E-state index contributed by atoms with van der Waals surface area (Å²) < 4.78 is 11.3. The van der Waals surface area contributed by atoms with Gasteiger partial charge in [-0.25, -0.2) is 0 Å². The monoisotopic (exact) mass is 210 g/mol. The largest absolute Gasteiger partial charge is 0.343 e. The second-order valence-electron chi connectivity index (χ2n) is 4.77. The van der Waals surface area contributed by atoms with E-state index in [-0.39, 0.29) is 5.41 Å². The van der Waals surface area contributed by atoms with Crippen molar-refractivity contribution >= 4 is 0 Å². The van der Waals surface area contributed by atoms with Crippen molar-refractivity contribution in [3.63, 3.8) is 0 Å². The molecule has 0 N–H and O–H groups in total. The van der Waals surface area contributed by atoms with E-state index in [1.807, 2.05) is 19.9 Å². The fourth-order valence-electron chi connectivity index (χ4n) is 1.66. The van der Waals surface area contributed by atoms with Crippen LogP contribution in [0.25, 0.3) is 0 Å². The number of ether oxygens (including phenoxy) is 2. The van der Waals surface area contributed by atoms with Crippen LogP contribution in [-0.4, -0.2) is 19.0 Å². The first-order valence-corrected chi connectivity index (χ1v) is 5.64. The number of rotatable bonds is 4. The minimum Gasteiger partial charge on any atom is -0.343 e. The van der Waals surface area contributed by atoms with Crippen LogP contribution in [0.3, 0.4) is 0 Å². The molecule has 1 aliphatic carbocycles. The van der Waals surface area contributed by atoms with Gasteiger partial charge in [0.15, 0.2) is 0 Å². The summed E-state index contributed by atoms with van der Waals surface area (Å²) in [6, 6.07) is 0. The number of hydrogen-bond donors (Lipinski definition) is 0. The molecule has 0 heterocycles. The van der Waals surface area contributed by atoms with Crippen molar-refractivity contribution in [2.24, 2.45) is 5.41 Å². The Morgan fingerprint density at radius 3 is 2.00 bits per heavy atom. The quantitative estimate of drug-likeness (QED) is 0.663. The summed E-state index contributed by atoms with van der Waals surface area (Å²) in [5.41, 5.74) is 1.41. The second-order valence-corrected chi connectivity index (χ2v) is 4.77. The molecule has 0 radical (unpaired) electrons. The highest BCUT2D eigenvalue weighted by atomic mass is 16.7. The van der Waals surface area contributed by atoms with Crippen LogP contribution in [0.4, 0.5) is 0 Å². The van der Waals surface area contributed by atoms with Crippen molar-refractivity contribution < 1.29 is 9.47 Å². The Balaban J connectivity index is 2.88. The average molecular weight is 210 g/mol. The van der Waals surface area contributed by atoms with Crippen LogP contribution < -0.4 is 0 Å². The van der Waals surface area contributed by atoms with Crippen LogP contribution in [-0.2, 0) is 9.47 Å². The van der Waals surface area contributed by atoms with Gasteiger partial charge in [0, 0.05) is 13.2 Å². The van der Waals surface area contributed by atoms with Gasteiger partial charge in [0.2, 0.25) is 5.79 Å². The minimum absolute atomic E-state index is 0.145. The van der Waals surface area contributed by atoms with Crippen LogP contribution in [0.2, 0.25) is 0 Å². The lowest BCUT2D eigenvalue weighted by Crippen LogP contribution is -2.30. The Labute approximate surface area is 93.0 Å². The van der Waals surface area contributed by atoms with Crippen molar-refractivity contribution in [1.82, 2.24) is 0 Å². The molecule has 0 amide bonds. The molecule has 2 heteroatoms. The highest BCUT2D eigenvalue weighted by Gasteiger charge is 2.32. The molecule has 0 spiro atoms. The SMILES string of the molecule is CCOC1(OCC)C=CC(C(C)(C)C)=C1. The van der Waals surface area contributed by atoms with Crippen LogP contribution in [0.15, 0.2) is 23.8 Å². The predicted octanol–water partition coefficient (Wildman–Crippen LogP) is 3.30. The molecule has 0 aliphatic heterocycles. The maximum atomic E-state index is 5.67. The second kappa shape index (κ2) is 4.50. The Hall–Kier alpha value is -0.600. The van der Waals surface area contributed by atoms with Crippen LogP contribution in [0.1, 0.15) is 34.6 Å². The van der Waals surface area contributed by atoms with Crippen molar-refractivity contribution in [2.45, 2.75) is 40.4 Å². The smallest absolute Gasteiger partial charge is 0.208 e. The summed E-state index contributed by atoms with van der Waals surface area (Å²) in [6.07, 6.45) is 6.19. The van der Waals surface area contributed by atoms with E-state index >= 15 is 0 Å². The van der Waals surface area contributed by atoms with Crippen LogP contribution in [0.5, 0.6) is 0 Å². The maximum Gasteiger partial charge on any atom is 0.208 e. The summed E-state index contributed by atoms with van der Waals surface area (Å²) in [5, 5.41) is 0. The van der Waals surface area contributed by atoms with Gasteiger partial charge in [0.1, 0.15) is 0 Å². The van der Waals surface area contributed by atoms with E-state index in [4.69, 9.17) is 9.47 Å².